The molecule has 0 saturated carbocycles. The van der Waals surface area contributed by atoms with Crippen LogP contribution in [0.4, 0.5) is 0 Å². The molecule has 0 aliphatic heterocycles. The van der Waals surface area contributed by atoms with Crippen LogP contribution >= 0.6 is 0 Å². The van der Waals surface area contributed by atoms with Gasteiger partial charge in [0.2, 0.25) is 0 Å². The molecule has 3 nitrogen and oxygen atoms in total. The number of allylic oxidation sites excluding steroid dienone is 1. The van der Waals surface area contributed by atoms with Gasteiger partial charge in [-0.15, -0.1) is 0 Å². The Morgan fingerprint density at radius 2 is 2.36 bits per heavy atom. The van der Waals surface area contributed by atoms with Crippen LogP contribution in [0.2, 0.25) is 0 Å². The average Bonchev–Trinajstić information content (AvgIpc) is 2.05. The van der Waals surface area contributed by atoms with Crippen molar-refractivity contribution in [3.8, 4) is 0 Å². The number of nitrogens with two attached hydrogens (primary N) is 1. The van der Waals surface area contributed by atoms with Gasteiger partial charge < -0.3 is 10.8 Å². The Bertz CT molecular complexity index is 152. The molecule has 1 atom stereocenters. The Labute approximate surface area is 67.6 Å². The van der Waals surface area contributed by atoms with Crippen molar-refractivity contribution in [1.29, 1.82) is 0 Å². The molecule has 0 aromatic rings. The summed E-state index contributed by atoms with van der Waals surface area (Å²) < 4.78 is 0. The third kappa shape index (κ3) is 3.91. The van der Waals surface area contributed by atoms with E-state index in [0.717, 1.165) is 6.42 Å². The standard InChI is InChI=1S/C8H16N2O/c1-3-4-5-7(10-2)8(11)6-9/h4-5,8,11H,3,6,9H2,1-2H3/b5-4-,10-7?. The van der Waals surface area contributed by atoms with Gasteiger partial charge in [0.05, 0.1) is 5.71 Å². The van der Waals surface area contributed by atoms with Crippen LogP contribution in [-0.2, 0) is 0 Å². The molecular weight excluding hydrogens is 140 g/mol. The number of aliphatic imine (C=N–C) groups is 1. The average molecular weight is 156 g/mol. The van der Waals surface area contributed by atoms with E-state index in [-0.39, 0.29) is 6.54 Å². The van der Waals surface area contributed by atoms with Crippen molar-refractivity contribution in [2.75, 3.05) is 13.6 Å². The van der Waals surface area contributed by atoms with Crippen molar-refractivity contribution in [3.63, 3.8) is 0 Å². The second-order valence-electron chi connectivity index (χ2n) is 2.21. The van der Waals surface area contributed by atoms with Crippen molar-refractivity contribution in [1.82, 2.24) is 0 Å². The van der Waals surface area contributed by atoms with Gasteiger partial charge in [-0.25, -0.2) is 0 Å². The van der Waals surface area contributed by atoms with E-state index in [2.05, 4.69) is 4.99 Å². The summed E-state index contributed by atoms with van der Waals surface area (Å²) in [5, 5.41) is 9.24. The van der Waals surface area contributed by atoms with Crippen LogP contribution < -0.4 is 5.73 Å². The van der Waals surface area contributed by atoms with Crippen molar-refractivity contribution < 1.29 is 5.11 Å². The van der Waals surface area contributed by atoms with E-state index in [1.807, 2.05) is 13.0 Å². The first-order chi connectivity index (χ1) is 5.26. The molecule has 64 valence electrons. The maximum absolute atomic E-state index is 9.24. The highest BCUT2D eigenvalue weighted by Crippen LogP contribution is 1.90. The molecule has 3 heteroatoms. The molecule has 3 N–H and O–H groups in total. The van der Waals surface area contributed by atoms with Crippen LogP contribution in [0.1, 0.15) is 13.3 Å². The molecule has 0 saturated heterocycles. The molecule has 11 heavy (non-hydrogen) atoms. The van der Waals surface area contributed by atoms with E-state index in [4.69, 9.17) is 5.73 Å². The lowest BCUT2D eigenvalue weighted by Gasteiger charge is -2.05. The Balaban J connectivity index is 4.07. The number of hydrogen-bond acceptors (Lipinski definition) is 3. The fourth-order valence-electron chi connectivity index (χ4n) is 0.694. The highest BCUT2D eigenvalue weighted by Gasteiger charge is 2.04. The smallest absolute Gasteiger partial charge is 0.108 e. The van der Waals surface area contributed by atoms with Crippen molar-refractivity contribution in [2.45, 2.75) is 19.4 Å². The zero-order valence-electron chi connectivity index (χ0n) is 7.12. The topological polar surface area (TPSA) is 58.6 Å². The van der Waals surface area contributed by atoms with Gasteiger partial charge in [0.15, 0.2) is 0 Å². The Morgan fingerprint density at radius 1 is 1.73 bits per heavy atom. The molecule has 0 spiro atoms. The molecule has 0 aliphatic carbocycles. The second-order valence-corrected chi connectivity index (χ2v) is 2.21. The van der Waals surface area contributed by atoms with Gasteiger partial charge in [-0.3, -0.25) is 4.99 Å². The number of aliphatic hydroxyl groups excluding tert-OH is 1. The second kappa shape index (κ2) is 6.07. The first-order valence-corrected chi connectivity index (χ1v) is 3.77. The summed E-state index contributed by atoms with van der Waals surface area (Å²) in [7, 11) is 1.65. The predicted molar refractivity (Wildman–Crippen MR) is 47.9 cm³/mol. The molecule has 0 rings (SSSR count). The lowest BCUT2D eigenvalue weighted by atomic mass is 10.2. The summed E-state index contributed by atoms with van der Waals surface area (Å²) in [5.41, 5.74) is 5.90. The third-order valence-electron chi connectivity index (χ3n) is 1.35. The monoisotopic (exact) mass is 156 g/mol. The number of rotatable bonds is 4. The SMILES string of the molecule is CC/C=C\C(=NC)C(O)CN. The number of aliphatic hydroxyl groups is 1. The fourth-order valence-corrected chi connectivity index (χ4v) is 0.694. The van der Waals surface area contributed by atoms with Crippen LogP contribution in [0.5, 0.6) is 0 Å². The normalized spacial score (nSPS) is 15.8. The zero-order valence-corrected chi connectivity index (χ0v) is 7.12. The Kier molecular flexibility index (Phi) is 5.70. The van der Waals surface area contributed by atoms with Gasteiger partial charge in [-0.1, -0.05) is 13.0 Å². The highest BCUT2D eigenvalue weighted by atomic mass is 16.3. The first-order valence-electron chi connectivity index (χ1n) is 3.77. The minimum Gasteiger partial charge on any atom is -0.385 e. The number of hydrogen-bond donors (Lipinski definition) is 2. The van der Waals surface area contributed by atoms with Gasteiger partial charge in [0.1, 0.15) is 6.10 Å². The highest BCUT2D eigenvalue weighted by molar-refractivity contribution is 5.98. The molecule has 0 bridgehead atoms. The van der Waals surface area contributed by atoms with Crippen molar-refractivity contribution in [2.24, 2.45) is 10.7 Å². The van der Waals surface area contributed by atoms with Crippen LogP contribution in [0.25, 0.3) is 0 Å². The summed E-state index contributed by atoms with van der Waals surface area (Å²) in [6.07, 6.45) is 4.07. The fraction of sp³-hybridized carbons (Fsp3) is 0.625. The maximum Gasteiger partial charge on any atom is 0.108 e. The molecular formula is C8H16N2O. The van der Waals surface area contributed by atoms with Crippen LogP contribution in [0.3, 0.4) is 0 Å². The third-order valence-corrected chi connectivity index (χ3v) is 1.35. The van der Waals surface area contributed by atoms with E-state index >= 15 is 0 Å². The maximum atomic E-state index is 9.24. The van der Waals surface area contributed by atoms with Crippen LogP contribution in [-0.4, -0.2) is 30.5 Å². The Morgan fingerprint density at radius 3 is 2.73 bits per heavy atom. The van der Waals surface area contributed by atoms with Gasteiger partial charge in [-0.2, -0.15) is 0 Å². The molecule has 0 aromatic heterocycles. The molecule has 0 aromatic carbocycles. The Hall–Kier alpha value is -0.670. The quantitative estimate of drug-likeness (QED) is 0.577. The number of nitrogens with zero attached hydrogens (tertiary/aromatic N) is 1. The van der Waals surface area contributed by atoms with E-state index < -0.39 is 6.10 Å². The summed E-state index contributed by atoms with van der Waals surface area (Å²) in [4.78, 5) is 3.90. The van der Waals surface area contributed by atoms with Crippen molar-refractivity contribution >= 4 is 5.71 Å². The van der Waals surface area contributed by atoms with Crippen LogP contribution in [0, 0.1) is 0 Å². The van der Waals surface area contributed by atoms with Crippen LogP contribution in [0.15, 0.2) is 17.1 Å². The molecule has 1 unspecified atom stereocenters. The summed E-state index contributed by atoms with van der Waals surface area (Å²) in [5.74, 6) is 0. The van der Waals surface area contributed by atoms with Gasteiger partial charge in [0, 0.05) is 13.6 Å². The lowest BCUT2D eigenvalue weighted by molar-refractivity contribution is 0.250. The molecule has 0 radical (unpaired) electrons. The van der Waals surface area contributed by atoms with E-state index in [1.54, 1.807) is 13.1 Å². The van der Waals surface area contributed by atoms with Gasteiger partial charge in [0.25, 0.3) is 0 Å². The molecule has 0 fully saturated rings. The zero-order chi connectivity index (χ0) is 8.69. The van der Waals surface area contributed by atoms with E-state index in [9.17, 15) is 5.11 Å². The molecule has 0 amide bonds. The first kappa shape index (κ1) is 10.3. The van der Waals surface area contributed by atoms with Crippen molar-refractivity contribution in [3.05, 3.63) is 12.2 Å². The predicted octanol–water partition coefficient (Wildman–Crippen LogP) is 0.343. The molecule has 0 heterocycles. The minimum atomic E-state index is -0.622. The summed E-state index contributed by atoms with van der Waals surface area (Å²) >= 11 is 0. The van der Waals surface area contributed by atoms with Gasteiger partial charge >= 0.3 is 0 Å². The van der Waals surface area contributed by atoms with E-state index in [0.29, 0.717) is 5.71 Å². The van der Waals surface area contributed by atoms with E-state index in [1.165, 1.54) is 0 Å². The van der Waals surface area contributed by atoms with Gasteiger partial charge in [-0.05, 0) is 12.5 Å². The minimum absolute atomic E-state index is 0.223. The molecule has 0 aliphatic rings. The summed E-state index contributed by atoms with van der Waals surface area (Å²) in [6.45, 7) is 2.25. The largest absolute Gasteiger partial charge is 0.385 e. The lowest BCUT2D eigenvalue weighted by Crippen LogP contribution is -2.27. The summed E-state index contributed by atoms with van der Waals surface area (Å²) in [6, 6.07) is 0.